The van der Waals surface area contributed by atoms with Gasteiger partial charge in [0.15, 0.2) is 0 Å². The van der Waals surface area contributed by atoms with Crippen LogP contribution in [0, 0.1) is 5.92 Å². The minimum atomic E-state index is -0.474. The van der Waals surface area contributed by atoms with E-state index < -0.39 is 5.97 Å². The topological polar surface area (TPSA) is 58.6 Å². The monoisotopic (exact) mass is 434 g/mol. The lowest BCUT2D eigenvalue weighted by molar-refractivity contribution is -0.121. The van der Waals surface area contributed by atoms with Crippen molar-refractivity contribution in [2.75, 3.05) is 25.0 Å². The lowest BCUT2D eigenvalue weighted by Crippen LogP contribution is -2.40. The molecule has 1 atom stereocenters. The van der Waals surface area contributed by atoms with Gasteiger partial charge in [0, 0.05) is 23.8 Å². The molecule has 2 aromatic carbocycles. The van der Waals surface area contributed by atoms with Gasteiger partial charge in [0.1, 0.15) is 0 Å². The Morgan fingerprint density at radius 1 is 1.17 bits per heavy atom. The first-order valence-electron chi connectivity index (χ1n) is 9.71. The molecule has 1 fully saturated rings. The van der Waals surface area contributed by atoms with Crippen LogP contribution in [0.5, 0.6) is 0 Å². The lowest BCUT2D eigenvalue weighted by atomic mass is 9.96. The lowest BCUT2D eigenvalue weighted by Gasteiger charge is -2.32. The smallest absolute Gasteiger partial charge is 0.339 e. The highest BCUT2D eigenvalue weighted by Gasteiger charge is 2.26. The van der Waals surface area contributed by atoms with Gasteiger partial charge in [-0.25, -0.2) is 4.79 Å². The number of rotatable bonds is 6. The Morgan fingerprint density at radius 2 is 1.97 bits per heavy atom. The van der Waals surface area contributed by atoms with Crippen molar-refractivity contribution in [2.45, 2.75) is 26.3 Å². The summed E-state index contributed by atoms with van der Waals surface area (Å²) in [6.45, 7) is 4.35. The Kier molecular flexibility index (Phi) is 7.53. The maximum Gasteiger partial charge on any atom is 0.339 e. The molecule has 0 unspecified atom stereocenters. The molecular weight excluding hydrogens is 411 g/mol. The van der Waals surface area contributed by atoms with E-state index in [2.05, 4.69) is 10.2 Å². The summed E-state index contributed by atoms with van der Waals surface area (Å²) in [6.07, 6.45) is 1.78. The number of hydrogen-bond donors (Lipinski definition) is 1. The maximum atomic E-state index is 12.8. The maximum absolute atomic E-state index is 12.8. The van der Waals surface area contributed by atoms with E-state index in [0.29, 0.717) is 12.2 Å². The second kappa shape index (κ2) is 10.1. The summed E-state index contributed by atoms with van der Waals surface area (Å²) >= 11 is 12.5. The number of hydrogen-bond acceptors (Lipinski definition) is 4. The highest BCUT2D eigenvalue weighted by atomic mass is 35.5. The van der Waals surface area contributed by atoms with Crippen LogP contribution >= 0.6 is 23.2 Å². The molecule has 1 amide bonds. The number of anilines is 1. The zero-order valence-corrected chi connectivity index (χ0v) is 17.8. The number of nitrogens with zero attached hydrogens (tertiary/aromatic N) is 1. The fraction of sp³-hybridized carbons (Fsp3) is 0.364. The normalized spacial score (nSPS) is 17.0. The number of nitrogens with one attached hydrogen (secondary N) is 1. The minimum absolute atomic E-state index is 0.0474. The van der Waals surface area contributed by atoms with E-state index in [4.69, 9.17) is 27.9 Å². The molecule has 1 N–H and O–H groups in total. The molecule has 29 heavy (non-hydrogen) atoms. The molecule has 0 aromatic heterocycles. The number of carbonyl (C=O) groups is 2. The van der Waals surface area contributed by atoms with Crippen LogP contribution in [0.25, 0.3) is 0 Å². The first-order chi connectivity index (χ1) is 14.0. The second-order valence-electron chi connectivity index (χ2n) is 7.07. The van der Waals surface area contributed by atoms with Crippen molar-refractivity contribution in [3.63, 3.8) is 0 Å². The third kappa shape index (κ3) is 5.72. The largest absolute Gasteiger partial charge is 0.462 e. The molecule has 7 heteroatoms. The van der Waals surface area contributed by atoms with Crippen LogP contribution in [-0.2, 0) is 16.1 Å². The first-order valence-corrected chi connectivity index (χ1v) is 10.5. The summed E-state index contributed by atoms with van der Waals surface area (Å²) in [7, 11) is 0. The van der Waals surface area contributed by atoms with Crippen LogP contribution < -0.4 is 5.32 Å². The summed E-state index contributed by atoms with van der Waals surface area (Å²) in [4.78, 5) is 26.9. The molecule has 0 aliphatic carbocycles. The van der Waals surface area contributed by atoms with Crippen LogP contribution in [-0.4, -0.2) is 36.5 Å². The molecule has 1 heterocycles. The Bertz CT molecular complexity index is 888. The average molecular weight is 435 g/mol. The third-order valence-electron chi connectivity index (χ3n) is 4.96. The number of esters is 1. The van der Waals surface area contributed by atoms with Gasteiger partial charge in [0.25, 0.3) is 0 Å². The molecule has 0 bridgehead atoms. The SMILES string of the molecule is CCOC(=O)c1ccc(NC(=O)[C@@H]2CCCN(Cc3ccccc3Cl)C2)cc1Cl. The Balaban J connectivity index is 1.61. The summed E-state index contributed by atoms with van der Waals surface area (Å²) < 4.78 is 4.97. The number of halogens is 2. The predicted octanol–water partition coefficient (Wildman–Crippen LogP) is 5.02. The molecule has 0 spiro atoms. The molecule has 1 aliphatic heterocycles. The number of piperidine rings is 1. The van der Waals surface area contributed by atoms with Gasteiger partial charge in [0.05, 0.1) is 23.1 Å². The van der Waals surface area contributed by atoms with Crippen LogP contribution in [0.2, 0.25) is 10.0 Å². The molecule has 0 radical (unpaired) electrons. The third-order valence-corrected chi connectivity index (χ3v) is 5.64. The summed E-state index contributed by atoms with van der Waals surface area (Å²) in [5.41, 5.74) is 1.92. The van der Waals surface area contributed by atoms with Gasteiger partial charge in [-0.05, 0) is 56.1 Å². The quantitative estimate of drug-likeness (QED) is 0.648. The molecule has 2 aromatic rings. The molecule has 5 nitrogen and oxygen atoms in total. The summed E-state index contributed by atoms with van der Waals surface area (Å²) in [6, 6.07) is 12.6. The van der Waals surface area contributed by atoms with E-state index in [1.54, 1.807) is 25.1 Å². The van der Waals surface area contributed by atoms with Crippen molar-refractivity contribution >= 4 is 40.8 Å². The second-order valence-corrected chi connectivity index (χ2v) is 7.88. The molecule has 3 rings (SSSR count). The highest BCUT2D eigenvalue weighted by Crippen LogP contribution is 2.25. The summed E-state index contributed by atoms with van der Waals surface area (Å²) in [5.74, 6) is -0.638. The average Bonchev–Trinajstić information content (AvgIpc) is 2.70. The van der Waals surface area contributed by atoms with Crippen LogP contribution in [0.3, 0.4) is 0 Å². The zero-order valence-electron chi connectivity index (χ0n) is 16.3. The van der Waals surface area contributed by atoms with Crippen molar-refractivity contribution in [3.8, 4) is 0 Å². The predicted molar refractivity (Wildman–Crippen MR) is 115 cm³/mol. The Morgan fingerprint density at radius 3 is 2.69 bits per heavy atom. The molecule has 1 aliphatic rings. The fourth-order valence-corrected chi connectivity index (χ4v) is 3.95. The zero-order chi connectivity index (χ0) is 20.8. The molecular formula is C22H24Cl2N2O3. The standard InChI is InChI=1S/C22H24Cl2N2O3/c1-2-29-22(28)18-10-9-17(12-20(18)24)25-21(27)16-7-5-11-26(14-16)13-15-6-3-4-8-19(15)23/h3-4,6,8-10,12,16H,2,5,7,11,13-14H2,1H3,(H,25,27)/t16-/m1/s1. The highest BCUT2D eigenvalue weighted by molar-refractivity contribution is 6.34. The fourth-order valence-electron chi connectivity index (χ4n) is 3.49. The van der Waals surface area contributed by atoms with E-state index >= 15 is 0 Å². The number of carbonyl (C=O) groups excluding carboxylic acids is 2. The van der Waals surface area contributed by atoms with Crippen molar-refractivity contribution in [1.82, 2.24) is 4.90 Å². The first kappa shape index (κ1) is 21.6. The van der Waals surface area contributed by atoms with E-state index in [0.717, 1.165) is 36.5 Å². The van der Waals surface area contributed by atoms with E-state index in [9.17, 15) is 9.59 Å². The molecule has 0 saturated carbocycles. The van der Waals surface area contributed by atoms with Gasteiger partial charge in [-0.3, -0.25) is 9.69 Å². The van der Waals surface area contributed by atoms with Gasteiger partial charge >= 0.3 is 5.97 Å². The molecule has 1 saturated heterocycles. The number of ether oxygens (including phenoxy) is 1. The number of benzene rings is 2. The Hall–Kier alpha value is -2.08. The van der Waals surface area contributed by atoms with Gasteiger partial charge < -0.3 is 10.1 Å². The van der Waals surface area contributed by atoms with Crippen LogP contribution in [0.1, 0.15) is 35.7 Å². The number of likely N-dealkylation sites (tertiary alicyclic amines) is 1. The van der Waals surface area contributed by atoms with Crippen molar-refractivity contribution in [1.29, 1.82) is 0 Å². The van der Waals surface area contributed by atoms with E-state index in [-0.39, 0.29) is 29.0 Å². The van der Waals surface area contributed by atoms with Gasteiger partial charge in [0.2, 0.25) is 5.91 Å². The Labute approximate surface area is 180 Å². The van der Waals surface area contributed by atoms with Crippen LogP contribution in [0.4, 0.5) is 5.69 Å². The van der Waals surface area contributed by atoms with Crippen LogP contribution in [0.15, 0.2) is 42.5 Å². The van der Waals surface area contributed by atoms with Crippen molar-refractivity contribution in [3.05, 3.63) is 63.6 Å². The summed E-state index contributed by atoms with van der Waals surface area (Å²) in [5, 5.41) is 3.92. The van der Waals surface area contributed by atoms with Gasteiger partial charge in [-0.2, -0.15) is 0 Å². The van der Waals surface area contributed by atoms with Crippen molar-refractivity contribution < 1.29 is 14.3 Å². The van der Waals surface area contributed by atoms with E-state index in [1.165, 1.54) is 0 Å². The van der Waals surface area contributed by atoms with Crippen molar-refractivity contribution in [2.24, 2.45) is 5.92 Å². The minimum Gasteiger partial charge on any atom is -0.462 e. The van der Waals surface area contributed by atoms with Gasteiger partial charge in [-0.1, -0.05) is 41.4 Å². The van der Waals surface area contributed by atoms with E-state index in [1.807, 2.05) is 24.3 Å². The number of amides is 1. The van der Waals surface area contributed by atoms with Gasteiger partial charge in [-0.15, -0.1) is 0 Å². The molecule has 154 valence electrons.